The molecule has 6 heteroatoms. The van der Waals surface area contributed by atoms with Crippen LogP contribution in [-0.4, -0.2) is 35.5 Å². The van der Waals surface area contributed by atoms with E-state index in [9.17, 15) is 10.1 Å². The predicted molar refractivity (Wildman–Crippen MR) is 75.3 cm³/mol. The zero-order valence-corrected chi connectivity index (χ0v) is 11.7. The highest BCUT2D eigenvalue weighted by Crippen LogP contribution is 2.25. The summed E-state index contributed by atoms with van der Waals surface area (Å²) in [5.41, 5.74) is 1.90. The summed E-state index contributed by atoms with van der Waals surface area (Å²) in [7, 11) is 0. The first-order valence-corrected chi connectivity index (χ1v) is 6.65. The second-order valence-corrected chi connectivity index (χ2v) is 5.24. The van der Waals surface area contributed by atoms with Crippen molar-refractivity contribution in [3.63, 3.8) is 0 Å². The van der Waals surface area contributed by atoms with Gasteiger partial charge >= 0.3 is 0 Å². The highest BCUT2D eigenvalue weighted by atomic mass is 16.6. The number of nitriles is 1. The van der Waals surface area contributed by atoms with Gasteiger partial charge in [0.25, 0.3) is 5.69 Å². The van der Waals surface area contributed by atoms with Crippen LogP contribution in [-0.2, 0) is 6.54 Å². The van der Waals surface area contributed by atoms with Gasteiger partial charge in [0, 0.05) is 43.9 Å². The summed E-state index contributed by atoms with van der Waals surface area (Å²) in [4.78, 5) is 12.9. The smallest absolute Gasteiger partial charge is 0.273 e. The van der Waals surface area contributed by atoms with Gasteiger partial charge in [-0.3, -0.25) is 15.0 Å². The number of nitrogens with one attached hydrogen (secondary N) is 1. The molecule has 0 spiro atoms. The van der Waals surface area contributed by atoms with Crippen LogP contribution < -0.4 is 5.32 Å². The number of benzene rings is 1. The number of rotatable bonds is 3. The van der Waals surface area contributed by atoms with Crippen molar-refractivity contribution < 1.29 is 4.92 Å². The highest BCUT2D eigenvalue weighted by molar-refractivity contribution is 5.51. The van der Waals surface area contributed by atoms with Gasteiger partial charge in [0.05, 0.1) is 16.6 Å². The van der Waals surface area contributed by atoms with Crippen LogP contribution in [0.3, 0.4) is 0 Å². The molecule has 0 bridgehead atoms. The molecular weight excluding hydrogens is 256 g/mol. The van der Waals surface area contributed by atoms with Crippen LogP contribution in [0, 0.1) is 28.4 Å². The molecule has 1 fully saturated rings. The molecule has 1 aliphatic heterocycles. The van der Waals surface area contributed by atoms with E-state index in [2.05, 4.69) is 17.1 Å². The Hall–Kier alpha value is -1.97. The van der Waals surface area contributed by atoms with Gasteiger partial charge in [0.2, 0.25) is 0 Å². The van der Waals surface area contributed by atoms with Crippen molar-refractivity contribution >= 4 is 5.69 Å². The van der Waals surface area contributed by atoms with Gasteiger partial charge in [0.15, 0.2) is 0 Å². The molecule has 0 amide bonds. The van der Waals surface area contributed by atoms with E-state index in [4.69, 9.17) is 5.26 Å². The maximum Gasteiger partial charge on any atom is 0.273 e. The molecule has 1 aromatic carbocycles. The fraction of sp³-hybridized carbons (Fsp3) is 0.500. The number of nitrogens with zero attached hydrogens (tertiary/aromatic N) is 3. The summed E-state index contributed by atoms with van der Waals surface area (Å²) in [6.07, 6.45) is 0. The van der Waals surface area contributed by atoms with Crippen LogP contribution in [0.1, 0.15) is 23.6 Å². The summed E-state index contributed by atoms with van der Waals surface area (Å²) in [6.45, 7) is 7.25. The Morgan fingerprint density at radius 1 is 1.60 bits per heavy atom. The van der Waals surface area contributed by atoms with Crippen molar-refractivity contribution in [2.24, 2.45) is 0 Å². The van der Waals surface area contributed by atoms with E-state index in [1.165, 1.54) is 6.07 Å². The van der Waals surface area contributed by atoms with Gasteiger partial charge in [-0.25, -0.2) is 0 Å². The average molecular weight is 274 g/mol. The first kappa shape index (κ1) is 14.4. The average Bonchev–Trinajstić information content (AvgIpc) is 2.40. The predicted octanol–water partition coefficient (Wildman–Crippen LogP) is 1.57. The molecule has 1 atom stereocenters. The van der Waals surface area contributed by atoms with E-state index < -0.39 is 4.92 Å². The second kappa shape index (κ2) is 5.99. The Morgan fingerprint density at radius 2 is 2.35 bits per heavy atom. The SMILES string of the molecule is Cc1c(CN2CCN[C@@H](C)C2)cc(C#N)cc1[N+](=O)[O-]. The van der Waals surface area contributed by atoms with Crippen LogP contribution in [0.4, 0.5) is 5.69 Å². The summed E-state index contributed by atoms with van der Waals surface area (Å²) in [6, 6.07) is 5.52. The Bertz CT molecular complexity index is 565. The lowest BCUT2D eigenvalue weighted by Gasteiger charge is -2.32. The zero-order chi connectivity index (χ0) is 14.7. The summed E-state index contributed by atoms with van der Waals surface area (Å²) in [5.74, 6) is 0. The third kappa shape index (κ3) is 3.13. The fourth-order valence-electron chi connectivity index (χ4n) is 2.57. The molecule has 1 aromatic rings. The number of nitro groups is 1. The van der Waals surface area contributed by atoms with Crippen molar-refractivity contribution in [2.75, 3.05) is 19.6 Å². The highest BCUT2D eigenvalue weighted by Gasteiger charge is 2.20. The van der Waals surface area contributed by atoms with Crippen LogP contribution in [0.15, 0.2) is 12.1 Å². The normalized spacial score (nSPS) is 19.6. The molecule has 6 nitrogen and oxygen atoms in total. The standard InChI is InChI=1S/C14H18N4O2/c1-10-8-17(4-3-16-10)9-13-5-12(7-15)6-14(11(13)2)18(19)20/h5-6,10,16H,3-4,8-9H2,1-2H3/t10-/m0/s1. The van der Waals surface area contributed by atoms with E-state index in [0.717, 1.165) is 25.2 Å². The van der Waals surface area contributed by atoms with Crippen molar-refractivity contribution in [2.45, 2.75) is 26.4 Å². The first-order valence-electron chi connectivity index (χ1n) is 6.65. The lowest BCUT2D eigenvalue weighted by molar-refractivity contribution is -0.385. The molecule has 0 radical (unpaired) electrons. The maximum absolute atomic E-state index is 11.1. The minimum atomic E-state index is -0.417. The fourth-order valence-corrected chi connectivity index (χ4v) is 2.57. The number of hydrogen-bond donors (Lipinski definition) is 1. The van der Waals surface area contributed by atoms with Gasteiger partial charge < -0.3 is 5.32 Å². The van der Waals surface area contributed by atoms with Gasteiger partial charge in [-0.05, 0) is 25.5 Å². The van der Waals surface area contributed by atoms with Crippen LogP contribution in [0.5, 0.6) is 0 Å². The number of hydrogen-bond acceptors (Lipinski definition) is 5. The first-order chi connectivity index (χ1) is 9.51. The van der Waals surface area contributed by atoms with Crippen molar-refractivity contribution in [1.82, 2.24) is 10.2 Å². The second-order valence-electron chi connectivity index (χ2n) is 5.24. The van der Waals surface area contributed by atoms with E-state index in [1.54, 1.807) is 13.0 Å². The molecule has 0 saturated carbocycles. The lowest BCUT2D eigenvalue weighted by atomic mass is 10.0. The van der Waals surface area contributed by atoms with Crippen molar-refractivity contribution in [3.8, 4) is 6.07 Å². The molecule has 20 heavy (non-hydrogen) atoms. The van der Waals surface area contributed by atoms with Gasteiger partial charge in [0.1, 0.15) is 0 Å². The molecule has 1 N–H and O–H groups in total. The van der Waals surface area contributed by atoms with Gasteiger partial charge in [-0.15, -0.1) is 0 Å². The summed E-state index contributed by atoms with van der Waals surface area (Å²) >= 11 is 0. The Kier molecular flexibility index (Phi) is 4.32. The Morgan fingerprint density at radius 3 is 2.95 bits per heavy atom. The number of piperazine rings is 1. The van der Waals surface area contributed by atoms with E-state index >= 15 is 0 Å². The number of nitro benzene ring substituents is 1. The molecular formula is C14H18N4O2. The van der Waals surface area contributed by atoms with Crippen LogP contribution in [0.25, 0.3) is 0 Å². The summed E-state index contributed by atoms with van der Waals surface area (Å²) in [5, 5.41) is 23.4. The zero-order valence-electron chi connectivity index (χ0n) is 11.7. The van der Waals surface area contributed by atoms with Crippen molar-refractivity contribution in [3.05, 3.63) is 38.9 Å². The summed E-state index contributed by atoms with van der Waals surface area (Å²) < 4.78 is 0. The molecule has 1 saturated heterocycles. The Labute approximate surface area is 118 Å². The molecule has 2 rings (SSSR count). The molecule has 106 valence electrons. The quantitative estimate of drug-likeness (QED) is 0.668. The molecule has 0 aromatic heterocycles. The van der Waals surface area contributed by atoms with Gasteiger partial charge in [-0.2, -0.15) is 5.26 Å². The van der Waals surface area contributed by atoms with E-state index in [1.807, 2.05) is 6.07 Å². The molecule has 0 aliphatic carbocycles. The third-order valence-electron chi connectivity index (χ3n) is 3.66. The van der Waals surface area contributed by atoms with E-state index in [-0.39, 0.29) is 5.69 Å². The van der Waals surface area contributed by atoms with Crippen LogP contribution >= 0.6 is 0 Å². The van der Waals surface area contributed by atoms with Crippen molar-refractivity contribution in [1.29, 1.82) is 5.26 Å². The Balaban J connectivity index is 2.28. The molecule has 1 aliphatic rings. The molecule has 1 heterocycles. The monoisotopic (exact) mass is 274 g/mol. The van der Waals surface area contributed by atoms with E-state index in [0.29, 0.717) is 23.7 Å². The minimum absolute atomic E-state index is 0.0298. The third-order valence-corrected chi connectivity index (χ3v) is 3.66. The largest absolute Gasteiger partial charge is 0.312 e. The molecule has 0 unspecified atom stereocenters. The lowest BCUT2D eigenvalue weighted by Crippen LogP contribution is -2.48. The topological polar surface area (TPSA) is 82.2 Å². The van der Waals surface area contributed by atoms with Crippen LogP contribution in [0.2, 0.25) is 0 Å². The van der Waals surface area contributed by atoms with Gasteiger partial charge in [-0.1, -0.05) is 0 Å². The minimum Gasteiger partial charge on any atom is -0.312 e. The maximum atomic E-state index is 11.1.